The zero-order chi connectivity index (χ0) is 14.7. The van der Waals surface area contributed by atoms with E-state index in [1.54, 1.807) is 24.3 Å². The second-order valence-electron chi connectivity index (χ2n) is 4.31. The second kappa shape index (κ2) is 6.77. The van der Waals surface area contributed by atoms with Crippen LogP contribution in [-0.2, 0) is 0 Å². The van der Waals surface area contributed by atoms with Crippen LogP contribution in [-0.4, -0.2) is 6.54 Å². The van der Waals surface area contributed by atoms with Gasteiger partial charge in [-0.2, -0.15) is 0 Å². The first-order chi connectivity index (χ1) is 9.54. The molecule has 1 unspecified atom stereocenters. The fraction of sp³-hybridized carbons (Fsp3) is 0.200. The molecule has 0 amide bonds. The van der Waals surface area contributed by atoms with Gasteiger partial charge in [-0.05, 0) is 30.3 Å². The van der Waals surface area contributed by atoms with Gasteiger partial charge >= 0.3 is 0 Å². The Labute approximate surface area is 132 Å². The van der Waals surface area contributed by atoms with Crippen LogP contribution >= 0.6 is 34.8 Å². The number of benzene rings is 2. The molecule has 0 aromatic heterocycles. The maximum Gasteiger partial charge on any atom is 0.146 e. The van der Waals surface area contributed by atoms with Crippen LogP contribution in [0.3, 0.4) is 0 Å². The predicted octanol–water partition coefficient (Wildman–Crippen LogP) is 5.48. The molecule has 0 saturated heterocycles. The van der Waals surface area contributed by atoms with Crippen molar-refractivity contribution in [3.05, 3.63) is 68.4 Å². The summed E-state index contributed by atoms with van der Waals surface area (Å²) in [5.41, 5.74) is 1.32. The molecule has 5 heteroatoms. The van der Waals surface area contributed by atoms with E-state index >= 15 is 0 Å². The molecule has 106 valence electrons. The number of nitrogens with one attached hydrogen (secondary N) is 1. The molecule has 0 heterocycles. The van der Waals surface area contributed by atoms with E-state index in [1.807, 2.05) is 13.0 Å². The summed E-state index contributed by atoms with van der Waals surface area (Å²) in [6, 6.07) is 9.89. The van der Waals surface area contributed by atoms with E-state index in [4.69, 9.17) is 34.8 Å². The summed E-state index contributed by atoms with van der Waals surface area (Å²) < 4.78 is 14.2. The van der Waals surface area contributed by atoms with Crippen molar-refractivity contribution in [1.82, 2.24) is 5.32 Å². The van der Waals surface area contributed by atoms with E-state index < -0.39 is 5.82 Å². The van der Waals surface area contributed by atoms with Gasteiger partial charge in [-0.25, -0.2) is 4.39 Å². The maximum absolute atomic E-state index is 14.2. The summed E-state index contributed by atoms with van der Waals surface area (Å²) in [5, 5.41) is 4.24. The topological polar surface area (TPSA) is 12.0 Å². The lowest BCUT2D eigenvalue weighted by atomic mass is 9.98. The van der Waals surface area contributed by atoms with Crippen molar-refractivity contribution in [2.75, 3.05) is 6.54 Å². The van der Waals surface area contributed by atoms with Gasteiger partial charge in [0.15, 0.2) is 0 Å². The standard InChI is InChI=1S/C15H13Cl3FN/c1-2-20-15(9-6-7-11(16)13(18)8-9)10-4-3-5-12(17)14(10)19/h3-8,15,20H,2H2,1H3. The minimum atomic E-state index is -0.425. The first-order valence-corrected chi connectivity index (χ1v) is 7.30. The smallest absolute Gasteiger partial charge is 0.146 e. The van der Waals surface area contributed by atoms with E-state index in [9.17, 15) is 4.39 Å². The highest BCUT2D eigenvalue weighted by Crippen LogP contribution is 2.31. The monoisotopic (exact) mass is 331 g/mol. The molecule has 0 spiro atoms. The Hall–Kier alpha value is -0.800. The van der Waals surface area contributed by atoms with Crippen molar-refractivity contribution in [2.24, 2.45) is 0 Å². The van der Waals surface area contributed by atoms with Crippen LogP contribution in [0.4, 0.5) is 4.39 Å². The van der Waals surface area contributed by atoms with Gasteiger partial charge in [0.2, 0.25) is 0 Å². The van der Waals surface area contributed by atoms with Gasteiger partial charge < -0.3 is 5.32 Å². The largest absolute Gasteiger partial charge is 0.306 e. The minimum absolute atomic E-state index is 0.102. The Kier molecular flexibility index (Phi) is 5.28. The Morgan fingerprint density at radius 3 is 2.45 bits per heavy atom. The van der Waals surface area contributed by atoms with Crippen molar-refractivity contribution >= 4 is 34.8 Å². The van der Waals surface area contributed by atoms with Crippen LogP contribution in [0.25, 0.3) is 0 Å². The van der Waals surface area contributed by atoms with Crippen molar-refractivity contribution in [3.63, 3.8) is 0 Å². The molecule has 2 aromatic rings. The SMILES string of the molecule is CCNC(c1ccc(Cl)c(Cl)c1)c1cccc(Cl)c1F. The lowest BCUT2D eigenvalue weighted by Crippen LogP contribution is -2.23. The Morgan fingerprint density at radius 1 is 1.05 bits per heavy atom. The lowest BCUT2D eigenvalue weighted by molar-refractivity contribution is 0.559. The van der Waals surface area contributed by atoms with Crippen molar-refractivity contribution in [1.29, 1.82) is 0 Å². The van der Waals surface area contributed by atoms with Crippen LogP contribution < -0.4 is 5.32 Å². The Balaban J connectivity index is 2.50. The fourth-order valence-electron chi connectivity index (χ4n) is 2.05. The normalized spacial score (nSPS) is 12.4. The van der Waals surface area contributed by atoms with E-state index in [2.05, 4.69) is 5.32 Å². The number of hydrogen-bond acceptors (Lipinski definition) is 1. The molecule has 2 rings (SSSR count). The lowest BCUT2D eigenvalue weighted by Gasteiger charge is -2.20. The third kappa shape index (κ3) is 3.26. The van der Waals surface area contributed by atoms with E-state index in [0.717, 1.165) is 5.56 Å². The van der Waals surface area contributed by atoms with Crippen molar-refractivity contribution < 1.29 is 4.39 Å². The summed E-state index contributed by atoms with van der Waals surface area (Å²) >= 11 is 17.8. The van der Waals surface area contributed by atoms with E-state index in [0.29, 0.717) is 22.2 Å². The highest BCUT2D eigenvalue weighted by atomic mass is 35.5. The summed E-state index contributed by atoms with van der Waals surface area (Å²) in [6.45, 7) is 2.63. The van der Waals surface area contributed by atoms with Crippen molar-refractivity contribution in [2.45, 2.75) is 13.0 Å². The highest BCUT2D eigenvalue weighted by Gasteiger charge is 2.19. The van der Waals surface area contributed by atoms with Gasteiger partial charge in [0.25, 0.3) is 0 Å². The van der Waals surface area contributed by atoms with Gasteiger partial charge in [0.1, 0.15) is 5.82 Å². The van der Waals surface area contributed by atoms with E-state index in [1.165, 1.54) is 6.07 Å². The van der Waals surface area contributed by atoms with Gasteiger partial charge in [0.05, 0.1) is 21.1 Å². The molecule has 0 saturated carbocycles. The molecular weight excluding hydrogens is 320 g/mol. The third-order valence-electron chi connectivity index (χ3n) is 2.98. The summed E-state index contributed by atoms with van der Waals surface area (Å²) in [5.74, 6) is -0.425. The van der Waals surface area contributed by atoms with Crippen LogP contribution in [0.1, 0.15) is 24.1 Å². The first kappa shape index (κ1) is 15.6. The number of hydrogen-bond donors (Lipinski definition) is 1. The summed E-state index contributed by atoms with van der Waals surface area (Å²) in [6.07, 6.45) is 0. The average Bonchev–Trinajstić information content (AvgIpc) is 2.43. The summed E-state index contributed by atoms with van der Waals surface area (Å²) in [4.78, 5) is 0. The maximum atomic E-state index is 14.2. The minimum Gasteiger partial charge on any atom is -0.306 e. The quantitative estimate of drug-likeness (QED) is 0.781. The Bertz CT molecular complexity index is 616. The van der Waals surface area contributed by atoms with Gasteiger partial charge in [-0.3, -0.25) is 0 Å². The molecule has 0 aliphatic heterocycles. The molecule has 0 aliphatic rings. The van der Waals surface area contributed by atoms with Gasteiger partial charge in [-0.15, -0.1) is 0 Å². The molecule has 20 heavy (non-hydrogen) atoms. The average molecular weight is 333 g/mol. The molecule has 1 nitrogen and oxygen atoms in total. The van der Waals surface area contributed by atoms with E-state index in [-0.39, 0.29) is 11.1 Å². The fourth-order valence-corrected chi connectivity index (χ4v) is 2.54. The number of rotatable bonds is 4. The number of halogens is 4. The first-order valence-electron chi connectivity index (χ1n) is 6.16. The molecule has 1 N–H and O–H groups in total. The predicted molar refractivity (Wildman–Crippen MR) is 83.4 cm³/mol. The zero-order valence-corrected chi connectivity index (χ0v) is 13.0. The van der Waals surface area contributed by atoms with Crippen molar-refractivity contribution in [3.8, 4) is 0 Å². The van der Waals surface area contributed by atoms with Gasteiger partial charge in [-0.1, -0.05) is 59.9 Å². The highest BCUT2D eigenvalue weighted by molar-refractivity contribution is 6.42. The van der Waals surface area contributed by atoms with Crippen LogP contribution in [0, 0.1) is 5.82 Å². The Morgan fingerprint density at radius 2 is 1.80 bits per heavy atom. The molecule has 0 radical (unpaired) electrons. The molecule has 0 fully saturated rings. The molecule has 0 aliphatic carbocycles. The molecular formula is C15H13Cl3FN. The summed E-state index contributed by atoms with van der Waals surface area (Å²) in [7, 11) is 0. The third-order valence-corrected chi connectivity index (χ3v) is 4.01. The molecule has 1 atom stereocenters. The molecule has 2 aromatic carbocycles. The second-order valence-corrected chi connectivity index (χ2v) is 5.53. The zero-order valence-electron chi connectivity index (χ0n) is 10.8. The van der Waals surface area contributed by atoms with Crippen LogP contribution in [0.5, 0.6) is 0 Å². The molecule has 0 bridgehead atoms. The van der Waals surface area contributed by atoms with Crippen LogP contribution in [0.15, 0.2) is 36.4 Å². The van der Waals surface area contributed by atoms with Crippen LogP contribution in [0.2, 0.25) is 15.1 Å². The van der Waals surface area contributed by atoms with Gasteiger partial charge in [0, 0.05) is 5.56 Å².